The number of para-hydroxylation sites is 1. The maximum atomic E-state index is 12.9. The largest absolute Gasteiger partial charge is 0.319 e. The van der Waals surface area contributed by atoms with Crippen LogP contribution >= 0.6 is 22.7 Å². The van der Waals surface area contributed by atoms with E-state index in [0.717, 1.165) is 38.9 Å². The number of aromatic nitrogens is 1. The van der Waals surface area contributed by atoms with E-state index in [1.54, 1.807) is 28.2 Å². The van der Waals surface area contributed by atoms with Gasteiger partial charge >= 0.3 is 0 Å². The zero-order valence-electron chi connectivity index (χ0n) is 23.1. The summed E-state index contributed by atoms with van der Waals surface area (Å²) >= 11 is 3.02. The van der Waals surface area contributed by atoms with Crippen LogP contribution in [0.15, 0.2) is 89.1 Å². The fraction of sp³-hybridized carbons (Fsp3) is 0.139. The Morgan fingerprint density at radius 1 is 0.881 bits per heavy atom. The van der Waals surface area contributed by atoms with E-state index >= 15 is 0 Å². The van der Waals surface area contributed by atoms with Crippen LogP contribution in [-0.2, 0) is 5.41 Å². The van der Waals surface area contributed by atoms with Crippen LogP contribution in [-0.4, -0.2) is 22.6 Å². The van der Waals surface area contributed by atoms with Crippen LogP contribution in [0.25, 0.3) is 28.7 Å². The van der Waals surface area contributed by atoms with Gasteiger partial charge in [-0.2, -0.15) is 11.3 Å². The smallest absolute Gasteiger partial charge is 0.198 e. The van der Waals surface area contributed by atoms with Crippen molar-refractivity contribution in [3.63, 3.8) is 0 Å². The molecule has 0 aliphatic heterocycles. The van der Waals surface area contributed by atoms with Gasteiger partial charge < -0.3 is 4.90 Å². The van der Waals surface area contributed by atoms with Crippen molar-refractivity contribution < 1.29 is 9.59 Å². The number of rotatable bonds is 4. The SMILES string of the molecule is CC1(C)c2cc(C=C3C(=O)c4cscc4C3=O)sc2-c2ccc(N(c3ccccc3)C3C=c4ccccc4=CC3)nc21. The van der Waals surface area contributed by atoms with Crippen molar-refractivity contribution in [1.29, 1.82) is 0 Å². The number of carbonyl (C=O) groups is 2. The molecule has 8 rings (SSSR count). The van der Waals surface area contributed by atoms with Crippen LogP contribution in [0.4, 0.5) is 11.5 Å². The molecule has 0 radical (unpaired) electrons. The highest BCUT2D eigenvalue weighted by atomic mass is 32.1. The lowest BCUT2D eigenvalue weighted by molar-refractivity contribution is 0.0990. The molecule has 3 aliphatic carbocycles. The quantitative estimate of drug-likeness (QED) is 0.167. The summed E-state index contributed by atoms with van der Waals surface area (Å²) < 4.78 is 0. The molecule has 2 aromatic carbocycles. The number of hydrogen-bond acceptors (Lipinski definition) is 6. The van der Waals surface area contributed by atoms with E-state index in [4.69, 9.17) is 4.98 Å². The number of ketones is 2. The van der Waals surface area contributed by atoms with Gasteiger partial charge in [0, 0.05) is 48.3 Å². The molecule has 0 fully saturated rings. The molecule has 6 heteroatoms. The average Bonchev–Trinajstić information content (AvgIpc) is 3.76. The predicted octanol–water partition coefficient (Wildman–Crippen LogP) is 7.15. The Morgan fingerprint density at radius 2 is 1.60 bits per heavy atom. The molecule has 5 aromatic rings. The standard InChI is InChI=1S/C36H26N2O2S2/c1-36(2)30-18-25(17-27-32(39)28-19-41-20-29(28)33(27)40)42-34(30)26-14-15-31(37-35(26)36)38(23-10-4-3-5-11-23)24-13-12-21-8-6-7-9-22(21)16-24/h3-12,14-20,24H,13H2,1-2H3. The predicted molar refractivity (Wildman–Crippen MR) is 172 cm³/mol. The first kappa shape index (κ1) is 25.3. The van der Waals surface area contributed by atoms with Gasteiger partial charge in [0.1, 0.15) is 5.82 Å². The number of thiophene rings is 2. The minimum Gasteiger partial charge on any atom is -0.319 e. The number of benzene rings is 2. The number of pyridine rings is 1. The molecule has 0 N–H and O–H groups in total. The molecule has 0 bridgehead atoms. The van der Waals surface area contributed by atoms with Crippen molar-refractivity contribution >= 4 is 64.0 Å². The Kier molecular flexibility index (Phi) is 5.62. The summed E-state index contributed by atoms with van der Waals surface area (Å²) in [5.41, 5.74) is 5.46. The lowest BCUT2D eigenvalue weighted by atomic mass is 9.86. The third kappa shape index (κ3) is 3.75. The first-order chi connectivity index (χ1) is 20.4. The molecule has 42 heavy (non-hydrogen) atoms. The third-order valence-corrected chi connectivity index (χ3v) is 10.5. The van der Waals surface area contributed by atoms with Crippen LogP contribution in [0.1, 0.15) is 57.1 Å². The van der Waals surface area contributed by atoms with Crippen molar-refractivity contribution in [1.82, 2.24) is 4.98 Å². The van der Waals surface area contributed by atoms with E-state index in [2.05, 4.69) is 97.6 Å². The summed E-state index contributed by atoms with van der Waals surface area (Å²) in [5.74, 6) is 0.583. The molecule has 204 valence electrons. The van der Waals surface area contributed by atoms with Crippen molar-refractivity contribution in [3.8, 4) is 10.4 Å². The van der Waals surface area contributed by atoms with Crippen LogP contribution < -0.4 is 15.3 Å². The van der Waals surface area contributed by atoms with Gasteiger partial charge in [-0.05, 0) is 58.8 Å². The Balaban J connectivity index is 1.20. The number of carbonyl (C=O) groups excluding carboxylic acids is 2. The molecule has 3 heterocycles. The fourth-order valence-corrected chi connectivity index (χ4v) is 8.56. The van der Waals surface area contributed by atoms with Gasteiger partial charge in [0.15, 0.2) is 11.6 Å². The Bertz CT molecular complexity index is 2070. The second-order valence-corrected chi connectivity index (χ2v) is 13.3. The maximum Gasteiger partial charge on any atom is 0.198 e. The van der Waals surface area contributed by atoms with E-state index in [9.17, 15) is 9.59 Å². The summed E-state index contributed by atoms with van der Waals surface area (Å²) in [6.45, 7) is 4.43. The average molecular weight is 583 g/mol. The molecule has 4 nitrogen and oxygen atoms in total. The minimum absolute atomic E-state index is 0.134. The van der Waals surface area contributed by atoms with Crippen LogP contribution in [0.2, 0.25) is 0 Å². The normalized spacial score (nSPS) is 17.6. The van der Waals surface area contributed by atoms with E-state index < -0.39 is 0 Å². The lowest BCUT2D eigenvalue weighted by Crippen LogP contribution is -2.38. The highest BCUT2D eigenvalue weighted by Crippen LogP contribution is 2.52. The second-order valence-electron chi connectivity index (χ2n) is 11.5. The van der Waals surface area contributed by atoms with Gasteiger partial charge in [-0.3, -0.25) is 9.59 Å². The van der Waals surface area contributed by atoms with Crippen molar-refractivity contribution in [2.24, 2.45) is 0 Å². The van der Waals surface area contributed by atoms with E-state index in [-0.39, 0.29) is 28.6 Å². The van der Waals surface area contributed by atoms with Crippen LogP contribution in [0, 0.1) is 0 Å². The zero-order chi connectivity index (χ0) is 28.6. The molecule has 3 aliphatic rings. The number of hydrogen-bond donors (Lipinski definition) is 0. The van der Waals surface area contributed by atoms with Crippen molar-refractivity contribution in [2.45, 2.75) is 31.7 Å². The van der Waals surface area contributed by atoms with E-state index in [1.807, 2.05) is 6.07 Å². The first-order valence-electron chi connectivity index (χ1n) is 14.0. The molecular formula is C36H26N2O2S2. The fourth-order valence-electron chi connectivity index (χ4n) is 6.46. The van der Waals surface area contributed by atoms with Gasteiger partial charge in [0.05, 0.1) is 17.3 Å². The molecule has 0 amide bonds. The lowest BCUT2D eigenvalue weighted by Gasteiger charge is -2.32. The minimum atomic E-state index is -0.326. The Morgan fingerprint density at radius 3 is 2.36 bits per heavy atom. The van der Waals surface area contributed by atoms with Gasteiger partial charge in [-0.1, -0.05) is 68.5 Å². The molecule has 0 saturated carbocycles. The number of nitrogens with zero attached hydrogens (tertiary/aromatic N) is 2. The van der Waals surface area contributed by atoms with Gasteiger partial charge in [0.25, 0.3) is 0 Å². The highest BCUT2D eigenvalue weighted by Gasteiger charge is 2.40. The molecule has 3 aromatic heterocycles. The van der Waals surface area contributed by atoms with E-state index in [0.29, 0.717) is 11.1 Å². The highest BCUT2D eigenvalue weighted by molar-refractivity contribution is 7.16. The number of allylic oxidation sites excluding steroid dienone is 1. The van der Waals surface area contributed by atoms with Crippen LogP contribution in [0.3, 0.4) is 0 Å². The van der Waals surface area contributed by atoms with Crippen molar-refractivity contribution in [2.75, 3.05) is 4.90 Å². The maximum absolute atomic E-state index is 12.9. The second kappa shape index (κ2) is 9.31. The monoisotopic (exact) mass is 582 g/mol. The summed E-state index contributed by atoms with van der Waals surface area (Å²) in [7, 11) is 0. The number of Topliss-reactive ketones (excluding diaryl/α,β-unsaturated/α-hetero) is 2. The zero-order valence-corrected chi connectivity index (χ0v) is 24.8. The number of anilines is 2. The number of fused-ring (bicyclic) bond motifs is 5. The Hall–Kier alpha value is -4.39. The van der Waals surface area contributed by atoms with Crippen LogP contribution in [0.5, 0.6) is 0 Å². The molecule has 0 saturated heterocycles. The summed E-state index contributed by atoms with van der Waals surface area (Å²) in [4.78, 5) is 35.6. The topological polar surface area (TPSA) is 50.3 Å². The van der Waals surface area contributed by atoms with Gasteiger partial charge in [-0.15, -0.1) is 11.3 Å². The van der Waals surface area contributed by atoms with Crippen molar-refractivity contribution in [3.05, 3.63) is 127 Å². The molecular weight excluding hydrogens is 557 g/mol. The van der Waals surface area contributed by atoms with E-state index in [1.165, 1.54) is 27.3 Å². The molecule has 1 atom stereocenters. The summed E-state index contributed by atoms with van der Waals surface area (Å²) in [5, 5.41) is 6.06. The first-order valence-corrected chi connectivity index (χ1v) is 15.8. The third-order valence-electron chi connectivity index (χ3n) is 8.63. The molecule has 1 unspecified atom stereocenters. The van der Waals surface area contributed by atoms with Gasteiger partial charge in [-0.25, -0.2) is 4.98 Å². The van der Waals surface area contributed by atoms with Gasteiger partial charge in [0.2, 0.25) is 0 Å². The Labute approximate surface area is 251 Å². The summed E-state index contributed by atoms with van der Waals surface area (Å²) in [6.07, 6.45) is 7.34. The summed E-state index contributed by atoms with van der Waals surface area (Å²) in [6, 6.07) is 25.6. The molecule has 0 spiro atoms.